The van der Waals surface area contributed by atoms with Crippen LogP contribution in [0.4, 0.5) is 13.2 Å². The molecule has 0 amide bonds. The van der Waals surface area contributed by atoms with Crippen molar-refractivity contribution in [3.63, 3.8) is 0 Å². The highest BCUT2D eigenvalue weighted by atomic mass is 35.5. The lowest BCUT2D eigenvalue weighted by atomic mass is 10.1. The van der Waals surface area contributed by atoms with Crippen molar-refractivity contribution < 1.29 is 27.4 Å². The predicted octanol–water partition coefficient (Wildman–Crippen LogP) is 6.45. The standard InChI is InChI=1S/C30H27ClF3N5O4/c1-3-38-24(17-41-16-19-7-5-4-6-8-19)37-39(30(38)40)21-13-20-10-12-36-29(43-26-18(2)9-11-35-27(26)31)25(20)22(14-21)42-23(15-32)28(33)34/h4-14,23,28H,3,15-17H2,1-2H3. The van der Waals surface area contributed by atoms with Crippen molar-refractivity contribution in [3.8, 4) is 23.1 Å². The zero-order valence-corrected chi connectivity index (χ0v) is 24.0. The molecule has 3 aromatic heterocycles. The maximum Gasteiger partial charge on any atom is 0.350 e. The van der Waals surface area contributed by atoms with E-state index in [1.807, 2.05) is 30.3 Å². The highest BCUT2D eigenvalue weighted by molar-refractivity contribution is 6.31. The fourth-order valence-corrected chi connectivity index (χ4v) is 4.68. The first-order valence-corrected chi connectivity index (χ1v) is 13.7. The van der Waals surface area contributed by atoms with Crippen LogP contribution in [0.2, 0.25) is 5.15 Å². The Morgan fingerprint density at radius 1 is 1.02 bits per heavy atom. The van der Waals surface area contributed by atoms with Crippen molar-refractivity contribution in [2.45, 2.75) is 46.1 Å². The van der Waals surface area contributed by atoms with Gasteiger partial charge in [0, 0.05) is 25.0 Å². The Bertz CT molecular complexity index is 1760. The number of nitrogens with zero attached hydrogens (tertiary/aromatic N) is 5. The minimum Gasteiger partial charge on any atom is -0.481 e. The van der Waals surface area contributed by atoms with Crippen LogP contribution in [-0.2, 0) is 24.5 Å². The Labute approximate surface area is 249 Å². The molecule has 0 bridgehead atoms. The van der Waals surface area contributed by atoms with E-state index < -0.39 is 24.9 Å². The van der Waals surface area contributed by atoms with E-state index in [1.54, 1.807) is 32.0 Å². The van der Waals surface area contributed by atoms with Crippen LogP contribution < -0.4 is 15.2 Å². The number of hydrogen-bond acceptors (Lipinski definition) is 7. The molecule has 2 aromatic carbocycles. The van der Waals surface area contributed by atoms with Crippen LogP contribution >= 0.6 is 11.6 Å². The quantitative estimate of drug-likeness (QED) is 0.149. The molecule has 1 atom stereocenters. The molecule has 0 aliphatic heterocycles. The Kier molecular flexibility index (Phi) is 9.27. The molecule has 0 N–H and O–H groups in total. The number of halogens is 4. The van der Waals surface area contributed by atoms with E-state index >= 15 is 0 Å². The van der Waals surface area contributed by atoms with Gasteiger partial charge in [-0.05, 0) is 48.6 Å². The summed E-state index contributed by atoms with van der Waals surface area (Å²) in [5, 5.41) is 5.10. The highest BCUT2D eigenvalue weighted by Gasteiger charge is 2.26. The van der Waals surface area contributed by atoms with E-state index in [-0.39, 0.29) is 40.2 Å². The van der Waals surface area contributed by atoms with Gasteiger partial charge in [-0.15, -0.1) is 5.10 Å². The minimum atomic E-state index is -3.13. The van der Waals surface area contributed by atoms with Crippen LogP contribution in [0.25, 0.3) is 16.5 Å². The molecule has 3 heterocycles. The van der Waals surface area contributed by atoms with Gasteiger partial charge in [0.1, 0.15) is 19.0 Å². The van der Waals surface area contributed by atoms with Crippen LogP contribution in [-0.4, -0.2) is 43.5 Å². The van der Waals surface area contributed by atoms with Gasteiger partial charge >= 0.3 is 5.69 Å². The first kappa shape index (κ1) is 30.1. The number of benzene rings is 2. The number of rotatable bonds is 12. The largest absolute Gasteiger partial charge is 0.481 e. The molecule has 9 nitrogen and oxygen atoms in total. The molecule has 5 rings (SSSR count). The van der Waals surface area contributed by atoms with Crippen molar-refractivity contribution in [2.75, 3.05) is 6.67 Å². The van der Waals surface area contributed by atoms with Crippen LogP contribution in [0, 0.1) is 6.92 Å². The van der Waals surface area contributed by atoms with Crippen molar-refractivity contribution in [3.05, 3.63) is 99.6 Å². The molecular formula is C30H27ClF3N5O4. The van der Waals surface area contributed by atoms with Gasteiger partial charge in [-0.2, -0.15) is 4.68 Å². The summed E-state index contributed by atoms with van der Waals surface area (Å²) in [6, 6.07) is 15.7. The highest BCUT2D eigenvalue weighted by Crippen LogP contribution is 2.39. The predicted molar refractivity (Wildman–Crippen MR) is 154 cm³/mol. The Morgan fingerprint density at radius 2 is 1.79 bits per heavy atom. The van der Waals surface area contributed by atoms with Gasteiger partial charge in [0.25, 0.3) is 6.43 Å². The third-order valence-electron chi connectivity index (χ3n) is 6.59. The molecule has 0 saturated heterocycles. The van der Waals surface area contributed by atoms with Crippen molar-refractivity contribution in [2.24, 2.45) is 0 Å². The van der Waals surface area contributed by atoms with Gasteiger partial charge in [0.05, 0.1) is 17.7 Å². The van der Waals surface area contributed by atoms with E-state index in [2.05, 4.69) is 15.1 Å². The first-order valence-electron chi connectivity index (χ1n) is 13.3. The van der Waals surface area contributed by atoms with Gasteiger partial charge < -0.3 is 14.2 Å². The SMILES string of the molecule is CCn1c(COCc2ccccc2)nn(-c2cc(OC(CF)C(F)F)c3c(Oc4c(C)ccnc4Cl)nccc3c2)c1=O. The summed E-state index contributed by atoms with van der Waals surface area (Å²) in [4.78, 5) is 21.7. The molecule has 0 spiro atoms. The zero-order valence-electron chi connectivity index (χ0n) is 23.2. The number of ether oxygens (including phenoxy) is 3. The van der Waals surface area contributed by atoms with Gasteiger partial charge in [-0.25, -0.2) is 27.9 Å². The molecule has 1 unspecified atom stereocenters. The van der Waals surface area contributed by atoms with Gasteiger partial charge in [-0.1, -0.05) is 41.9 Å². The number of aryl methyl sites for hydroxylation is 1. The summed E-state index contributed by atoms with van der Waals surface area (Å²) < 4.78 is 60.7. The van der Waals surface area contributed by atoms with Crippen LogP contribution in [0.3, 0.4) is 0 Å². The van der Waals surface area contributed by atoms with Crippen molar-refractivity contribution in [1.82, 2.24) is 24.3 Å². The van der Waals surface area contributed by atoms with E-state index in [9.17, 15) is 18.0 Å². The fraction of sp³-hybridized carbons (Fsp3) is 0.267. The second-order valence-corrected chi connectivity index (χ2v) is 9.84. The second-order valence-electron chi connectivity index (χ2n) is 9.49. The van der Waals surface area contributed by atoms with Crippen LogP contribution in [0.15, 0.2) is 71.8 Å². The maximum atomic E-state index is 13.6. The molecular weight excluding hydrogens is 587 g/mol. The summed E-state index contributed by atoms with van der Waals surface area (Å²) in [6.07, 6.45) is -2.28. The van der Waals surface area contributed by atoms with Crippen molar-refractivity contribution in [1.29, 1.82) is 0 Å². The van der Waals surface area contributed by atoms with E-state index in [4.69, 9.17) is 25.8 Å². The maximum absolute atomic E-state index is 13.6. The summed E-state index contributed by atoms with van der Waals surface area (Å²) in [5.74, 6) is 0.343. The average Bonchev–Trinajstić information content (AvgIpc) is 3.32. The normalized spacial score (nSPS) is 12.2. The van der Waals surface area contributed by atoms with Gasteiger partial charge in [-0.3, -0.25) is 4.57 Å². The van der Waals surface area contributed by atoms with Gasteiger partial charge in [0.15, 0.2) is 22.8 Å². The number of hydrogen-bond donors (Lipinski definition) is 0. The monoisotopic (exact) mass is 613 g/mol. The van der Waals surface area contributed by atoms with E-state index in [0.717, 1.165) is 10.2 Å². The van der Waals surface area contributed by atoms with E-state index in [1.165, 1.54) is 23.0 Å². The van der Waals surface area contributed by atoms with Crippen LogP contribution in [0.1, 0.15) is 23.9 Å². The topological polar surface area (TPSA) is 93.3 Å². The molecule has 43 heavy (non-hydrogen) atoms. The van der Waals surface area contributed by atoms with Gasteiger partial charge in [0.2, 0.25) is 5.88 Å². The number of pyridine rings is 2. The zero-order chi connectivity index (χ0) is 30.5. The van der Waals surface area contributed by atoms with Crippen LogP contribution in [0.5, 0.6) is 17.4 Å². The number of fused-ring (bicyclic) bond motifs is 1. The molecule has 0 aliphatic carbocycles. The fourth-order valence-electron chi connectivity index (χ4n) is 4.43. The molecule has 13 heteroatoms. The Morgan fingerprint density at radius 3 is 2.49 bits per heavy atom. The lowest BCUT2D eigenvalue weighted by molar-refractivity contribution is -0.000431. The Hall–Kier alpha value is -4.42. The molecule has 224 valence electrons. The minimum absolute atomic E-state index is 0.0367. The molecule has 0 saturated carbocycles. The molecule has 5 aromatic rings. The Balaban J connectivity index is 1.58. The lowest BCUT2D eigenvalue weighted by Gasteiger charge is -2.19. The number of alkyl halides is 3. The molecule has 0 fully saturated rings. The van der Waals surface area contributed by atoms with E-state index in [0.29, 0.717) is 29.9 Å². The van der Waals surface area contributed by atoms with Crippen molar-refractivity contribution >= 4 is 22.4 Å². The average molecular weight is 614 g/mol. The summed E-state index contributed by atoms with van der Waals surface area (Å²) in [6.45, 7) is 2.75. The third-order valence-corrected chi connectivity index (χ3v) is 6.86. The third kappa shape index (κ3) is 6.50. The molecule has 0 aliphatic rings. The summed E-state index contributed by atoms with van der Waals surface area (Å²) in [7, 11) is 0. The second kappa shape index (κ2) is 13.3. The summed E-state index contributed by atoms with van der Waals surface area (Å²) >= 11 is 6.24. The summed E-state index contributed by atoms with van der Waals surface area (Å²) in [5.41, 5.74) is 1.32. The molecule has 0 radical (unpaired) electrons. The lowest BCUT2D eigenvalue weighted by Crippen LogP contribution is -2.28. The smallest absolute Gasteiger partial charge is 0.350 e. The first-order chi connectivity index (χ1) is 20.8. The number of aromatic nitrogens is 5.